The SMILES string of the molecule is CC(C)N1CC(n2ccnn2)C1. The first-order valence-corrected chi connectivity index (χ1v) is 4.37. The smallest absolute Gasteiger partial charge is 0.0790 e. The zero-order valence-corrected chi connectivity index (χ0v) is 7.51. The molecule has 0 N–H and O–H groups in total. The Balaban J connectivity index is 1.90. The van der Waals surface area contributed by atoms with E-state index in [0.717, 1.165) is 13.1 Å². The molecule has 0 spiro atoms. The van der Waals surface area contributed by atoms with Gasteiger partial charge in [-0.25, -0.2) is 4.68 Å². The normalized spacial score (nSPS) is 19.9. The number of likely N-dealkylation sites (tertiary alicyclic amines) is 1. The van der Waals surface area contributed by atoms with Gasteiger partial charge in [0.15, 0.2) is 0 Å². The van der Waals surface area contributed by atoms with Gasteiger partial charge in [0.2, 0.25) is 0 Å². The van der Waals surface area contributed by atoms with Crippen LogP contribution in [-0.4, -0.2) is 39.0 Å². The summed E-state index contributed by atoms with van der Waals surface area (Å²) in [5.41, 5.74) is 0. The van der Waals surface area contributed by atoms with Crippen LogP contribution in [0.15, 0.2) is 12.4 Å². The highest BCUT2D eigenvalue weighted by molar-refractivity contribution is 4.87. The summed E-state index contributed by atoms with van der Waals surface area (Å²) < 4.78 is 1.94. The average Bonchev–Trinajstić information content (AvgIpc) is 2.34. The molecule has 1 aliphatic rings. The van der Waals surface area contributed by atoms with Crippen molar-refractivity contribution < 1.29 is 0 Å². The summed E-state index contributed by atoms with van der Waals surface area (Å²) in [6, 6.07) is 1.21. The molecular formula is C8H14N4. The second-order valence-electron chi connectivity index (χ2n) is 3.58. The summed E-state index contributed by atoms with van der Waals surface area (Å²) in [6.45, 7) is 6.66. The fourth-order valence-corrected chi connectivity index (χ4v) is 1.49. The van der Waals surface area contributed by atoms with Gasteiger partial charge in [0, 0.05) is 25.3 Å². The lowest BCUT2D eigenvalue weighted by Gasteiger charge is -2.41. The predicted octanol–water partition coefficient (Wildman–Crippen LogP) is 0.543. The molecule has 66 valence electrons. The fraction of sp³-hybridized carbons (Fsp3) is 0.750. The van der Waals surface area contributed by atoms with Crippen LogP contribution < -0.4 is 0 Å². The molecule has 1 aliphatic heterocycles. The lowest BCUT2D eigenvalue weighted by molar-refractivity contribution is 0.0664. The molecule has 1 saturated heterocycles. The van der Waals surface area contributed by atoms with E-state index < -0.39 is 0 Å². The Hall–Kier alpha value is -0.900. The zero-order chi connectivity index (χ0) is 8.55. The first-order valence-electron chi connectivity index (χ1n) is 4.37. The largest absolute Gasteiger partial charge is 0.297 e. The predicted molar refractivity (Wildman–Crippen MR) is 45.8 cm³/mol. The van der Waals surface area contributed by atoms with Gasteiger partial charge in [0.25, 0.3) is 0 Å². The van der Waals surface area contributed by atoms with Crippen LogP contribution in [0.1, 0.15) is 19.9 Å². The maximum absolute atomic E-state index is 3.97. The molecule has 0 amide bonds. The van der Waals surface area contributed by atoms with Crippen molar-refractivity contribution >= 4 is 0 Å². The number of nitrogens with zero attached hydrogens (tertiary/aromatic N) is 4. The highest BCUT2D eigenvalue weighted by Crippen LogP contribution is 2.21. The number of hydrogen-bond acceptors (Lipinski definition) is 3. The van der Waals surface area contributed by atoms with Gasteiger partial charge in [0.1, 0.15) is 0 Å². The number of rotatable bonds is 2. The summed E-state index contributed by atoms with van der Waals surface area (Å²) in [5, 5.41) is 7.76. The molecule has 1 aromatic rings. The summed E-state index contributed by atoms with van der Waals surface area (Å²) in [5.74, 6) is 0. The lowest BCUT2D eigenvalue weighted by atomic mass is 10.1. The summed E-state index contributed by atoms with van der Waals surface area (Å²) in [4.78, 5) is 2.42. The van der Waals surface area contributed by atoms with Crippen molar-refractivity contribution in [3.05, 3.63) is 12.4 Å². The molecule has 0 aromatic carbocycles. The Kier molecular flexibility index (Phi) is 1.84. The van der Waals surface area contributed by atoms with Gasteiger partial charge >= 0.3 is 0 Å². The van der Waals surface area contributed by atoms with Crippen molar-refractivity contribution in [2.45, 2.75) is 25.9 Å². The second-order valence-corrected chi connectivity index (χ2v) is 3.58. The first-order chi connectivity index (χ1) is 5.77. The van der Waals surface area contributed by atoms with E-state index in [0.29, 0.717) is 12.1 Å². The molecule has 0 radical (unpaired) electrons. The highest BCUT2D eigenvalue weighted by Gasteiger charge is 2.29. The third kappa shape index (κ3) is 1.22. The molecule has 2 heterocycles. The van der Waals surface area contributed by atoms with E-state index in [1.165, 1.54) is 0 Å². The minimum absolute atomic E-state index is 0.551. The molecule has 1 fully saturated rings. The van der Waals surface area contributed by atoms with Gasteiger partial charge < -0.3 is 0 Å². The van der Waals surface area contributed by atoms with E-state index in [9.17, 15) is 0 Å². The third-order valence-corrected chi connectivity index (χ3v) is 2.44. The standard InChI is InChI=1S/C8H14N4/c1-7(2)11-5-8(6-11)12-4-3-9-10-12/h3-4,7-8H,5-6H2,1-2H3. The van der Waals surface area contributed by atoms with Crippen LogP contribution in [0, 0.1) is 0 Å². The molecule has 0 unspecified atom stereocenters. The molecule has 2 rings (SSSR count). The molecule has 0 atom stereocenters. The van der Waals surface area contributed by atoms with Crippen molar-refractivity contribution in [1.29, 1.82) is 0 Å². The van der Waals surface area contributed by atoms with E-state index in [4.69, 9.17) is 0 Å². The Morgan fingerprint density at radius 2 is 2.17 bits per heavy atom. The third-order valence-electron chi connectivity index (χ3n) is 2.44. The van der Waals surface area contributed by atoms with Crippen LogP contribution in [0.4, 0.5) is 0 Å². The van der Waals surface area contributed by atoms with E-state index in [1.54, 1.807) is 6.20 Å². The van der Waals surface area contributed by atoms with E-state index >= 15 is 0 Å². The number of aromatic nitrogens is 3. The Morgan fingerprint density at radius 1 is 1.42 bits per heavy atom. The highest BCUT2D eigenvalue weighted by atomic mass is 15.5. The molecular weight excluding hydrogens is 152 g/mol. The van der Waals surface area contributed by atoms with Gasteiger partial charge in [-0.15, -0.1) is 5.10 Å². The van der Waals surface area contributed by atoms with Crippen molar-refractivity contribution in [2.24, 2.45) is 0 Å². The minimum Gasteiger partial charge on any atom is -0.297 e. The van der Waals surface area contributed by atoms with Crippen molar-refractivity contribution in [2.75, 3.05) is 13.1 Å². The zero-order valence-electron chi connectivity index (χ0n) is 7.51. The molecule has 0 aliphatic carbocycles. The fourth-order valence-electron chi connectivity index (χ4n) is 1.49. The van der Waals surface area contributed by atoms with E-state index in [1.807, 2.05) is 10.9 Å². The monoisotopic (exact) mass is 166 g/mol. The Bertz CT molecular complexity index is 236. The van der Waals surface area contributed by atoms with Crippen molar-refractivity contribution in [1.82, 2.24) is 19.9 Å². The molecule has 1 aromatic heterocycles. The van der Waals surface area contributed by atoms with Crippen LogP contribution in [0.2, 0.25) is 0 Å². The van der Waals surface area contributed by atoms with Gasteiger partial charge in [-0.05, 0) is 13.8 Å². The Labute approximate surface area is 72.2 Å². The maximum Gasteiger partial charge on any atom is 0.0790 e. The summed E-state index contributed by atoms with van der Waals surface area (Å²) in [6.07, 6.45) is 3.67. The Morgan fingerprint density at radius 3 is 2.67 bits per heavy atom. The first kappa shape index (κ1) is 7.73. The summed E-state index contributed by atoms with van der Waals surface area (Å²) in [7, 11) is 0. The van der Waals surface area contributed by atoms with E-state index in [2.05, 4.69) is 29.1 Å². The van der Waals surface area contributed by atoms with Crippen LogP contribution in [0.3, 0.4) is 0 Å². The molecule has 0 saturated carbocycles. The summed E-state index contributed by atoms with van der Waals surface area (Å²) >= 11 is 0. The van der Waals surface area contributed by atoms with Crippen LogP contribution in [-0.2, 0) is 0 Å². The topological polar surface area (TPSA) is 34.0 Å². The number of hydrogen-bond donors (Lipinski definition) is 0. The van der Waals surface area contributed by atoms with Crippen molar-refractivity contribution in [3.8, 4) is 0 Å². The quantitative estimate of drug-likeness (QED) is 0.643. The molecule has 4 nitrogen and oxygen atoms in total. The van der Waals surface area contributed by atoms with Gasteiger partial charge in [-0.1, -0.05) is 5.21 Å². The van der Waals surface area contributed by atoms with E-state index in [-0.39, 0.29) is 0 Å². The van der Waals surface area contributed by atoms with Gasteiger partial charge in [-0.2, -0.15) is 0 Å². The molecule has 0 bridgehead atoms. The van der Waals surface area contributed by atoms with Crippen LogP contribution in [0.25, 0.3) is 0 Å². The molecule has 12 heavy (non-hydrogen) atoms. The second kappa shape index (κ2) is 2.86. The van der Waals surface area contributed by atoms with Crippen LogP contribution in [0.5, 0.6) is 0 Å². The lowest BCUT2D eigenvalue weighted by Crippen LogP contribution is -2.51. The van der Waals surface area contributed by atoms with Crippen LogP contribution >= 0.6 is 0 Å². The van der Waals surface area contributed by atoms with Gasteiger partial charge in [0.05, 0.1) is 12.2 Å². The maximum atomic E-state index is 3.97. The van der Waals surface area contributed by atoms with Crippen molar-refractivity contribution in [3.63, 3.8) is 0 Å². The van der Waals surface area contributed by atoms with Gasteiger partial charge in [-0.3, -0.25) is 4.90 Å². The molecule has 4 heteroatoms. The average molecular weight is 166 g/mol. The minimum atomic E-state index is 0.551.